The monoisotopic (exact) mass is 420 g/mol. The van der Waals surface area contributed by atoms with E-state index in [4.69, 9.17) is 4.74 Å². The summed E-state index contributed by atoms with van der Waals surface area (Å²) in [5.74, 6) is 1.25. The number of hydrogen-bond acceptors (Lipinski definition) is 5. The summed E-state index contributed by atoms with van der Waals surface area (Å²) < 4.78 is 8.78. The van der Waals surface area contributed by atoms with Gasteiger partial charge >= 0.3 is 5.69 Å². The van der Waals surface area contributed by atoms with Gasteiger partial charge in [-0.3, -0.25) is 14.3 Å². The third-order valence-corrected chi connectivity index (χ3v) is 5.10. The van der Waals surface area contributed by atoms with Crippen molar-refractivity contribution in [1.29, 1.82) is 0 Å². The Labute approximate surface area is 178 Å². The van der Waals surface area contributed by atoms with Gasteiger partial charge in [0, 0.05) is 12.6 Å². The van der Waals surface area contributed by atoms with E-state index in [2.05, 4.69) is 9.97 Å². The first-order chi connectivity index (χ1) is 14.8. The molecule has 0 amide bonds. The van der Waals surface area contributed by atoms with E-state index in [9.17, 15) is 14.7 Å². The van der Waals surface area contributed by atoms with Crippen molar-refractivity contribution in [3.05, 3.63) is 80.5 Å². The molecule has 0 fully saturated rings. The van der Waals surface area contributed by atoms with E-state index in [1.165, 1.54) is 10.1 Å². The largest absolute Gasteiger partial charge is 0.489 e. The highest BCUT2D eigenvalue weighted by atomic mass is 16.5. The lowest BCUT2D eigenvalue weighted by atomic mass is 10.2. The van der Waals surface area contributed by atoms with Crippen molar-refractivity contribution in [1.82, 2.24) is 19.1 Å². The molecule has 0 saturated heterocycles. The molecule has 2 N–H and O–H groups in total. The summed E-state index contributed by atoms with van der Waals surface area (Å²) in [7, 11) is 1.72. The van der Waals surface area contributed by atoms with Crippen LogP contribution in [0.1, 0.15) is 18.1 Å². The number of nitrogens with one attached hydrogen (secondary N) is 1. The molecule has 31 heavy (non-hydrogen) atoms. The van der Waals surface area contributed by atoms with Crippen LogP contribution in [0.2, 0.25) is 0 Å². The molecule has 160 valence electrons. The summed E-state index contributed by atoms with van der Waals surface area (Å²) in [4.78, 5) is 31.5. The molecule has 2 aromatic carbocycles. The molecule has 2 heterocycles. The zero-order valence-electron chi connectivity index (χ0n) is 17.6. The number of ether oxygens (including phenoxy) is 1. The number of fused-ring (bicyclic) bond motifs is 1. The van der Waals surface area contributed by atoms with E-state index in [1.54, 1.807) is 18.5 Å². The van der Waals surface area contributed by atoms with Crippen LogP contribution >= 0.6 is 0 Å². The molecular formula is C23H24N4O4. The second-order valence-corrected chi connectivity index (χ2v) is 7.68. The molecule has 2 aromatic heterocycles. The van der Waals surface area contributed by atoms with Gasteiger partial charge in [0.05, 0.1) is 12.6 Å². The number of aromatic amines is 1. The van der Waals surface area contributed by atoms with Crippen molar-refractivity contribution < 1.29 is 9.84 Å². The summed E-state index contributed by atoms with van der Waals surface area (Å²) in [5, 5.41) is 9.73. The lowest BCUT2D eigenvalue weighted by Gasteiger charge is -2.08. The van der Waals surface area contributed by atoms with E-state index in [1.807, 2.05) is 55.5 Å². The van der Waals surface area contributed by atoms with Crippen LogP contribution in [0.4, 0.5) is 0 Å². The van der Waals surface area contributed by atoms with Crippen LogP contribution in [0.15, 0.2) is 58.1 Å². The predicted octanol–water partition coefficient (Wildman–Crippen LogP) is 2.36. The van der Waals surface area contributed by atoms with Gasteiger partial charge in [-0.1, -0.05) is 29.8 Å². The van der Waals surface area contributed by atoms with Gasteiger partial charge in [0.25, 0.3) is 5.56 Å². The first-order valence-corrected chi connectivity index (χ1v) is 10.00. The van der Waals surface area contributed by atoms with Gasteiger partial charge in [0.15, 0.2) is 11.2 Å². The number of hydrogen-bond donors (Lipinski definition) is 2. The van der Waals surface area contributed by atoms with Gasteiger partial charge in [-0.15, -0.1) is 0 Å². The molecular weight excluding hydrogens is 396 g/mol. The van der Waals surface area contributed by atoms with Crippen molar-refractivity contribution in [2.75, 3.05) is 0 Å². The second kappa shape index (κ2) is 8.23. The number of benzene rings is 2. The molecule has 1 unspecified atom stereocenters. The van der Waals surface area contributed by atoms with Crippen molar-refractivity contribution in [2.45, 2.75) is 33.1 Å². The fourth-order valence-corrected chi connectivity index (χ4v) is 3.49. The lowest BCUT2D eigenvalue weighted by Crippen LogP contribution is -2.33. The van der Waals surface area contributed by atoms with Gasteiger partial charge in [-0.2, -0.15) is 0 Å². The van der Waals surface area contributed by atoms with Gasteiger partial charge < -0.3 is 14.4 Å². The van der Waals surface area contributed by atoms with Crippen molar-refractivity contribution in [3.8, 4) is 17.1 Å². The number of aryl methyl sites for hydroxylation is 2. The topological polar surface area (TPSA) is 102 Å². The number of imidazole rings is 1. The number of nitrogens with zero attached hydrogens (tertiary/aromatic N) is 3. The number of aromatic nitrogens is 4. The standard InChI is InChI=1S/C23H24N4O4/c1-14-4-6-16(7-5-14)13-31-18-10-8-17(9-11-18)20-24-21-19(26(20)3)22(29)25-23(30)27(21)12-15(2)28/h4-11,15,28H,12-13H2,1-3H3,(H,25,29,30). The van der Waals surface area contributed by atoms with Crippen molar-refractivity contribution in [3.63, 3.8) is 0 Å². The molecule has 8 heteroatoms. The number of aliphatic hydroxyl groups is 1. The van der Waals surface area contributed by atoms with Crippen molar-refractivity contribution in [2.24, 2.45) is 7.05 Å². The van der Waals surface area contributed by atoms with E-state index >= 15 is 0 Å². The smallest absolute Gasteiger partial charge is 0.330 e. The normalized spacial score (nSPS) is 12.3. The maximum atomic E-state index is 12.4. The third-order valence-electron chi connectivity index (χ3n) is 5.10. The van der Waals surface area contributed by atoms with E-state index in [-0.39, 0.29) is 17.7 Å². The van der Waals surface area contributed by atoms with Crippen LogP contribution in [0.3, 0.4) is 0 Å². The molecule has 0 aliphatic rings. The molecule has 8 nitrogen and oxygen atoms in total. The Morgan fingerprint density at radius 3 is 2.42 bits per heavy atom. The molecule has 4 aromatic rings. The molecule has 0 radical (unpaired) electrons. The summed E-state index contributed by atoms with van der Waals surface area (Å²) in [5.41, 5.74) is 2.47. The maximum Gasteiger partial charge on any atom is 0.330 e. The summed E-state index contributed by atoms with van der Waals surface area (Å²) in [6, 6.07) is 15.6. The Balaban J connectivity index is 1.65. The van der Waals surface area contributed by atoms with Crippen LogP contribution in [0.25, 0.3) is 22.6 Å². The lowest BCUT2D eigenvalue weighted by molar-refractivity contribution is 0.173. The molecule has 0 saturated carbocycles. The predicted molar refractivity (Wildman–Crippen MR) is 118 cm³/mol. The number of H-pyrrole nitrogens is 1. The minimum atomic E-state index is -0.762. The average molecular weight is 420 g/mol. The molecule has 0 aliphatic carbocycles. The SMILES string of the molecule is Cc1ccc(COc2ccc(-c3nc4c(c(=O)[nH]c(=O)n4CC(C)O)n3C)cc2)cc1. The quantitative estimate of drug-likeness (QED) is 0.499. The average Bonchev–Trinajstić information content (AvgIpc) is 3.08. The Morgan fingerprint density at radius 1 is 1.10 bits per heavy atom. The van der Waals surface area contributed by atoms with Crippen molar-refractivity contribution >= 4 is 11.2 Å². The van der Waals surface area contributed by atoms with E-state index in [0.717, 1.165) is 11.1 Å². The summed E-state index contributed by atoms with van der Waals surface area (Å²) >= 11 is 0. The molecule has 0 aliphatic heterocycles. The Bertz CT molecular complexity index is 1330. The first-order valence-electron chi connectivity index (χ1n) is 10.00. The van der Waals surface area contributed by atoms with Crippen LogP contribution in [0.5, 0.6) is 5.75 Å². The fourth-order valence-electron chi connectivity index (χ4n) is 3.49. The minimum Gasteiger partial charge on any atom is -0.489 e. The number of rotatable bonds is 6. The number of aliphatic hydroxyl groups excluding tert-OH is 1. The Kier molecular flexibility index (Phi) is 5.48. The van der Waals surface area contributed by atoms with E-state index < -0.39 is 17.4 Å². The fraction of sp³-hybridized carbons (Fsp3) is 0.261. The molecule has 1 atom stereocenters. The van der Waals surface area contributed by atoms with Gasteiger partial charge in [-0.25, -0.2) is 9.78 Å². The van der Waals surface area contributed by atoms with E-state index in [0.29, 0.717) is 18.2 Å². The highest BCUT2D eigenvalue weighted by Crippen LogP contribution is 2.24. The highest BCUT2D eigenvalue weighted by Gasteiger charge is 2.18. The third kappa shape index (κ3) is 4.15. The minimum absolute atomic E-state index is 0.0361. The van der Waals surface area contributed by atoms with Crippen LogP contribution < -0.4 is 16.0 Å². The van der Waals surface area contributed by atoms with Crippen LogP contribution in [0, 0.1) is 6.92 Å². The maximum absolute atomic E-state index is 12.4. The van der Waals surface area contributed by atoms with Gasteiger partial charge in [0.2, 0.25) is 0 Å². The Hall–Kier alpha value is -3.65. The van der Waals surface area contributed by atoms with Gasteiger partial charge in [-0.05, 0) is 43.7 Å². The summed E-state index contributed by atoms with van der Waals surface area (Å²) in [6.07, 6.45) is -0.762. The molecule has 0 spiro atoms. The molecule has 0 bridgehead atoms. The Morgan fingerprint density at radius 2 is 1.77 bits per heavy atom. The molecule has 4 rings (SSSR count). The van der Waals surface area contributed by atoms with Crippen LogP contribution in [-0.4, -0.2) is 30.3 Å². The van der Waals surface area contributed by atoms with Gasteiger partial charge in [0.1, 0.15) is 18.2 Å². The summed E-state index contributed by atoms with van der Waals surface area (Å²) in [6.45, 7) is 4.12. The first kappa shape index (κ1) is 20.6. The zero-order valence-corrected chi connectivity index (χ0v) is 17.6. The van der Waals surface area contributed by atoms with Crippen LogP contribution in [-0.2, 0) is 20.2 Å². The zero-order chi connectivity index (χ0) is 22.1. The second-order valence-electron chi connectivity index (χ2n) is 7.68. The highest BCUT2D eigenvalue weighted by molar-refractivity contribution is 5.76.